The van der Waals surface area contributed by atoms with Gasteiger partial charge in [-0.2, -0.15) is 0 Å². The van der Waals surface area contributed by atoms with Crippen molar-refractivity contribution in [2.45, 2.75) is 6.92 Å². The lowest BCUT2D eigenvalue weighted by Gasteiger charge is -2.03. The lowest BCUT2D eigenvalue weighted by Crippen LogP contribution is -2.10. The molecule has 0 rings (SSSR count). The fraction of sp³-hybridized carbons (Fsp3) is 0.625. The highest BCUT2D eigenvalue weighted by Crippen LogP contribution is 1.80. The summed E-state index contributed by atoms with van der Waals surface area (Å²) in [5, 5.41) is 0. The molecule has 0 amide bonds. The molecule has 0 radical (unpaired) electrons. The molecule has 0 aliphatic heterocycles. The number of likely N-dealkylation sites (N-methyl/N-ethyl adjacent to an activating group) is 1. The van der Waals surface area contributed by atoms with Gasteiger partial charge in [0.15, 0.2) is 0 Å². The fourth-order valence-corrected chi connectivity index (χ4v) is 0.519. The first-order valence-electron chi connectivity index (χ1n) is 3.56. The predicted octanol–water partition coefficient (Wildman–Crippen LogP) is 0.667. The highest BCUT2D eigenvalue weighted by atomic mass is 16.5. The Morgan fingerprint density at radius 2 is 2.09 bits per heavy atom. The Balaban J connectivity index is 3.23. The standard InChI is InChI=1S/C8H15NO2/c1-8(10)11-7-5-4-6-9(2)3/h4-5H,6-7H2,1-3H3/b5-4+. The Morgan fingerprint density at radius 3 is 2.55 bits per heavy atom. The van der Waals surface area contributed by atoms with Crippen LogP contribution in [-0.2, 0) is 9.53 Å². The molecule has 0 aromatic rings. The maximum atomic E-state index is 10.3. The molecule has 0 fully saturated rings. The monoisotopic (exact) mass is 157 g/mol. The van der Waals surface area contributed by atoms with E-state index in [1.165, 1.54) is 6.92 Å². The number of hydrogen-bond donors (Lipinski definition) is 0. The summed E-state index contributed by atoms with van der Waals surface area (Å²) in [6.07, 6.45) is 3.80. The Kier molecular flexibility index (Phi) is 5.47. The van der Waals surface area contributed by atoms with Gasteiger partial charge in [-0.1, -0.05) is 6.08 Å². The molecule has 0 atom stereocenters. The summed E-state index contributed by atoms with van der Waals surface area (Å²) < 4.78 is 4.68. The van der Waals surface area contributed by atoms with E-state index in [1.807, 2.05) is 31.1 Å². The van der Waals surface area contributed by atoms with Crippen molar-refractivity contribution < 1.29 is 9.53 Å². The third kappa shape index (κ3) is 9.17. The van der Waals surface area contributed by atoms with E-state index in [2.05, 4.69) is 4.74 Å². The average molecular weight is 157 g/mol. The zero-order valence-corrected chi connectivity index (χ0v) is 7.33. The van der Waals surface area contributed by atoms with Gasteiger partial charge in [0.05, 0.1) is 0 Å². The molecule has 0 bridgehead atoms. The van der Waals surface area contributed by atoms with Crippen molar-refractivity contribution in [3.8, 4) is 0 Å². The van der Waals surface area contributed by atoms with E-state index < -0.39 is 0 Å². The second-order valence-electron chi connectivity index (χ2n) is 2.54. The van der Waals surface area contributed by atoms with Crippen LogP contribution in [0.5, 0.6) is 0 Å². The topological polar surface area (TPSA) is 29.5 Å². The van der Waals surface area contributed by atoms with Gasteiger partial charge in [0.1, 0.15) is 6.61 Å². The van der Waals surface area contributed by atoms with E-state index in [1.54, 1.807) is 0 Å². The van der Waals surface area contributed by atoms with Crippen LogP contribution in [0.4, 0.5) is 0 Å². The molecule has 0 aromatic carbocycles. The van der Waals surface area contributed by atoms with Gasteiger partial charge in [0.2, 0.25) is 0 Å². The first-order valence-corrected chi connectivity index (χ1v) is 3.56. The van der Waals surface area contributed by atoms with Gasteiger partial charge < -0.3 is 9.64 Å². The van der Waals surface area contributed by atoms with Gasteiger partial charge in [-0.05, 0) is 20.2 Å². The third-order valence-corrected chi connectivity index (χ3v) is 1.02. The molecule has 11 heavy (non-hydrogen) atoms. The van der Waals surface area contributed by atoms with Gasteiger partial charge in [0.25, 0.3) is 0 Å². The molecule has 0 aliphatic carbocycles. The minimum absolute atomic E-state index is 0.237. The maximum Gasteiger partial charge on any atom is 0.302 e. The summed E-state index contributed by atoms with van der Waals surface area (Å²) in [7, 11) is 3.96. The van der Waals surface area contributed by atoms with Gasteiger partial charge in [0, 0.05) is 13.5 Å². The van der Waals surface area contributed by atoms with Gasteiger partial charge in [-0.15, -0.1) is 0 Å². The van der Waals surface area contributed by atoms with Crippen LogP contribution >= 0.6 is 0 Å². The smallest absolute Gasteiger partial charge is 0.302 e. The summed E-state index contributed by atoms with van der Waals surface area (Å²) in [6.45, 7) is 2.66. The van der Waals surface area contributed by atoms with Crippen LogP contribution in [0.25, 0.3) is 0 Å². The summed E-state index contributed by atoms with van der Waals surface area (Å²) in [4.78, 5) is 12.3. The van der Waals surface area contributed by atoms with Crippen molar-refractivity contribution in [2.24, 2.45) is 0 Å². The zero-order valence-electron chi connectivity index (χ0n) is 7.33. The second kappa shape index (κ2) is 5.92. The Bertz CT molecular complexity index is 141. The largest absolute Gasteiger partial charge is 0.462 e. The molecule has 64 valence electrons. The van der Waals surface area contributed by atoms with E-state index in [0.717, 1.165) is 6.54 Å². The van der Waals surface area contributed by atoms with Crippen LogP contribution in [-0.4, -0.2) is 38.1 Å². The summed E-state index contributed by atoms with van der Waals surface area (Å²) in [5.74, 6) is -0.237. The number of carbonyl (C=O) groups excluding carboxylic acids is 1. The Labute approximate surface area is 67.6 Å². The van der Waals surface area contributed by atoms with Crippen LogP contribution in [0, 0.1) is 0 Å². The van der Waals surface area contributed by atoms with E-state index in [4.69, 9.17) is 0 Å². The molecule has 3 heteroatoms. The lowest BCUT2D eigenvalue weighted by atomic mass is 10.5. The fourth-order valence-electron chi connectivity index (χ4n) is 0.519. The van der Waals surface area contributed by atoms with Crippen molar-refractivity contribution in [3.05, 3.63) is 12.2 Å². The Hall–Kier alpha value is -0.830. The van der Waals surface area contributed by atoms with Crippen molar-refractivity contribution >= 4 is 5.97 Å². The molecule has 0 saturated heterocycles. The number of rotatable bonds is 4. The third-order valence-electron chi connectivity index (χ3n) is 1.02. The number of esters is 1. The van der Waals surface area contributed by atoms with E-state index >= 15 is 0 Å². The number of nitrogens with zero attached hydrogens (tertiary/aromatic N) is 1. The van der Waals surface area contributed by atoms with E-state index in [9.17, 15) is 4.79 Å². The average Bonchev–Trinajstić information content (AvgIpc) is 1.85. The number of carbonyl (C=O) groups is 1. The number of hydrogen-bond acceptors (Lipinski definition) is 3. The van der Waals surface area contributed by atoms with Gasteiger partial charge in [-0.3, -0.25) is 4.79 Å². The van der Waals surface area contributed by atoms with Gasteiger partial charge in [-0.25, -0.2) is 0 Å². The van der Waals surface area contributed by atoms with E-state index in [0.29, 0.717) is 6.61 Å². The van der Waals surface area contributed by atoms with Crippen molar-refractivity contribution in [2.75, 3.05) is 27.2 Å². The minimum Gasteiger partial charge on any atom is -0.462 e. The number of ether oxygens (including phenoxy) is 1. The molecule has 0 aromatic heterocycles. The minimum atomic E-state index is -0.237. The Morgan fingerprint density at radius 1 is 1.45 bits per heavy atom. The molecule has 0 heterocycles. The summed E-state index contributed by atoms with van der Waals surface area (Å²) >= 11 is 0. The highest BCUT2D eigenvalue weighted by molar-refractivity contribution is 5.65. The first-order chi connectivity index (χ1) is 5.13. The molecule has 0 unspecified atom stereocenters. The van der Waals surface area contributed by atoms with Crippen molar-refractivity contribution in [3.63, 3.8) is 0 Å². The molecular formula is C8H15NO2. The second-order valence-corrected chi connectivity index (χ2v) is 2.54. The molecule has 3 nitrogen and oxygen atoms in total. The molecular weight excluding hydrogens is 142 g/mol. The van der Waals surface area contributed by atoms with Crippen molar-refractivity contribution in [1.82, 2.24) is 4.90 Å². The van der Waals surface area contributed by atoms with Crippen LogP contribution in [0.15, 0.2) is 12.2 Å². The van der Waals surface area contributed by atoms with Crippen LogP contribution in [0.2, 0.25) is 0 Å². The normalized spacial score (nSPS) is 10.9. The zero-order chi connectivity index (χ0) is 8.69. The van der Waals surface area contributed by atoms with Crippen LogP contribution in [0.3, 0.4) is 0 Å². The maximum absolute atomic E-state index is 10.3. The summed E-state index contributed by atoms with van der Waals surface area (Å²) in [6, 6.07) is 0. The van der Waals surface area contributed by atoms with E-state index in [-0.39, 0.29) is 5.97 Å². The molecule has 0 N–H and O–H groups in total. The van der Waals surface area contributed by atoms with Crippen molar-refractivity contribution in [1.29, 1.82) is 0 Å². The summed E-state index contributed by atoms with van der Waals surface area (Å²) in [5.41, 5.74) is 0. The molecule has 0 spiro atoms. The SMILES string of the molecule is CC(=O)OC/C=C/CN(C)C. The first kappa shape index (κ1) is 10.2. The van der Waals surface area contributed by atoms with Crippen LogP contribution < -0.4 is 0 Å². The van der Waals surface area contributed by atoms with Crippen LogP contribution in [0.1, 0.15) is 6.92 Å². The predicted molar refractivity (Wildman–Crippen MR) is 44.3 cm³/mol. The highest BCUT2D eigenvalue weighted by Gasteiger charge is 1.86. The quantitative estimate of drug-likeness (QED) is 0.443. The lowest BCUT2D eigenvalue weighted by molar-refractivity contribution is -0.139. The van der Waals surface area contributed by atoms with Gasteiger partial charge >= 0.3 is 5.97 Å². The molecule has 0 saturated carbocycles. The molecule has 0 aliphatic rings.